The molecule has 2 atom stereocenters. The van der Waals surface area contributed by atoms with Crippen molar-refractivity contribution in [1.82, 2.24) is 9.55 Å². The number of thiazole rings is 1. The molecule has 3 aromatic rings. The average molecular weight is 354 g/mol. The quantitative estimate of drug-likeness (QED) is 0.716. The van der Waals surface area contributed by atoms with Crippen LogP contribution in [0.2, 0.25) is 0 Å². The first-order valence-corrected chi connectivity index (χ1v) is 9.23. The van der Waals surface area contributed by atoms with Crippen LogP contribution < -0.4 is 0 Å². The normalized spacial score (nSPS) is 24.0. The molecule has 0 spiro atoms. The minimum absolute atomic E-state index is 0.0820. The molecule has 0 aliphatic carbocycles. The second-order valence-corrected chi connectivity index (χ2v) is 7.88. The second kappa shape index (κ2) is 4.86. The van der Waals surface area contributed by atoms with Gasteiger partial charge in [0.15, 0.2) is 0 Å². The number of hydrogen-bond donors (Lipinski definition) is 2. The fourth-order valence-electron chi connectivity index (χ4n) is 4.24. The van der Waals surface area contributed by atoms with Crippen molar-refractivity contribution in [2.75, 3.05) is 0 Å². The molecule has 2 N–H and O–H groups in total. The highest BCUT2D eigenvalue weighted by Crippen LogP contribution is 2.61. The highest BCUT2D eigenvalue weighted by Gasteiger charge is 2.53. The lowest BCUT2D eigenvalue weighted by Crippen LogP contribution is -2.16. The van der Waals surface area contributed by atoms with Crippen LogP contribution >= 0.6 is 11.3 Å². The maximum atomic E-state index is 10.8. The van der Waals surface area contributed by atoms with Crippen LogP contribution in [-0.2, 0) is 10.3 Å². The molecule has 25 heavy (non-hydrogen) atoms. The van der Waals surface area contributed by atoms with E-state index in [1.54, 1.807) is 17.5 Å². The summed E-state index contributed by atoms with van der Waals surface area (Å²) in [6, 6.07) is 5.86. The lowest BCUT2D eigenvalue weighted by molar-refractivity contribution is -0.00959. The van der Waals surface area contributed by atoms with Gasteiger partial charge in [-0.15, -0.1) is 11.3 Å². The highest BCUT2D eigenvalue weighted by atomic mass is 32.1. The molecule has 5 nitrogen and oxygen atoms in total. The predicted molar refractivity (Wildman–Crippen MR) is 95.4 cm³/mol. The van der Waals surface area contributed by atoms with Crippen LogP contribution in [0.5, 0.6) is 11.8 Å². The van der Waals surface area contributed by atoms with E-state index in [1.807, 2.05) is 37.4 Å². The third kappa shape index (κ3) is 1.89. The lowest BCUT2D eigenvalue weighted by atomic mass is 9.86. The number of aromatic nitrogens is 2. The van der Waals surface area contributed by atoms with Gasteiger partial charge < -0.3 is 14.9 Å². The third-order valence-electron chi connectivity index (χ3n) is 5.43. The zero-order valence-electron chi connectivity index (χ0n) is 14.0. The van der Waals surface area contributed by atoms with Gasteiger partial charge in [0.25, 0.3) is 0 Å². The Kier molecular flexibility index (Phi) is 2.92. The van der Waals surface area contributed by atoms with Gasteiger partial charge in [0.2, 0.25) is 11.8 Å². The number of fused-ring (bicyclic) bond motifs is 5. The largest absolute Gasteiger partial charge is 0.494 e. The highest BCUT2D eigenvalue weighted by molar-refractivity contribution is 7.13. The Bertz CT molecular complexity index is 993. The molecule has 0 saturated carbocycles. The van der Waals surface area contributed by atoms with Gasteiger partial charge in [-0.3, -0.25) is 4.57 Å². The van der Waals surface area contributed by atoms with Gasteiger partial charge in [-0.05, 0) is 50.5 Å². The summed E-state index contributed by atoms with van der Waals surface area (Å²) in [4.78, 5) is 4.36. The molecule has 128 valence electrons. The Balaban J connectivity index is 1.66. The minimum Gasteiger partial charge on any atom is -0.494 e. The van der Waals surface area contributed by atoms with Crippen molar-refractivity contribution in [2.24, 2.45) is 0 Å². The summed E-state index contributed by atoms with van der Waals surface area (Å²) in [5.41, 5.74) is 3.84. The second-order valence-electron chi connectivity index (χ2n) is 6.98. The van der Waals surface area contributed by atoms with Gasteiger partial charge in [-0.2, -0.15) is 0 Å². The fraction of sp³-hybridized carbons (Fsp3) is 0.316. The molecule has 6 heteroatoms. The Morgan fingerprint density at radius 1 is 1.32 bits per heavy atom. The standard InChI is InChI=1S/C19H18N2O3S/c1-10-9-11(3-4-12(10)16-20-7-8-25-16)21-17(22)14-13-5-6-19(2,24-13)15(14)18(21)23/h3-4,7-9,13,22-23H,5-6H2,1-2H3. The van der Waals surface area contributed by atoms with Gasteiger partial charge in [0, 0.05) is 17.1 Å². The van der Waals surface area contributed by atoms with E-state index < -0.39 is 5.60 Å². The molecule has 2 unspecified atom stereocenters. The smallest absolute Gasteiger partial charge is 0.205 e. The Hall–Kier alpha value is -2.31. The van der Waals surface area contributed by atoms with Crippen LogP contribution in [0.3, 0.4) is 0 Å². The SMILES string of the molecule is Cc1cc(-n2c(O)c3c(c2O)C2(C)CCC3O2)ccc1-c1nccs1. The Morgan fingerprint density at radius 2 is 2.16 bits per heavy atom. The number of hydrogen-bond acceptors (Lipinski definition) is 5. The maximum absolute atomic E-state index is 10.8. The zero-order valence-corrected chi connectivity index (χ0v) is 14.8. The summed E-state index contributed by atoms with van der Waals surface area (Å²) in [7, 11) is 0. The van der Waals surface area contributed by atoms with Crippen molar-refractivity contribution in [3.8, 4) is 28.0 Å². The van der Waals surface area contributed by atoms with Gasteiger partial charge in [-0.25, -0.2) is 4.98 Å². The van der Waals surface area contributed by atoms with Crippen molar-refractivity contribution in [2.45, 2.75) is 38.4 Å². The first-order chi connectivity index (χ1) is 12.0. The summed E-state index contributed by atoms with van der Waals surface area (Å²) < 4.78 is 7.50. The van der Waals surface area contributed by atoms with Crippen LogP contribution in [0.1, 0.15) is 42.6 Å². The molecule has 4 heterocycles. The van der Waals surface area contributed by atoms with Crippen LogP contribution in [0.15, 0.2) is 29.8 Å². The van der Waals surface area contributed by atoms with Crippen LogP contribution in [0.4, 0.5) is 0 Å². The zero-order chi connectivity index (χ0) is 17.3. The summed E-state index contributed by atoms with van der Waals surface area (Å²) >= 11 is 1.59. The number of ether oxygens (including phenoxy) is 1. The van der Waals surface area contributed by atoms with Crippen molar-refractivity contribution < 1.29 is 14.9 Å². The first kappa shape index (κ1) is 15.0. The minimum atomic E-state index is -0.497. The number of aromatic hydroxyl groups is 2. The molecule has 2 aliphatic rings. The molecule has 2 aromatic heterocycles. The molecular formula is C19H18N2O3S. The van der Waals surface area contributed by atoms with Gasteiger partial charge >= 0.3 is 0 Å². The summed E-state index contributed by atoms with van der Waals surface area (Å²) in [6.07, 6.45) is 3.41. The average Bonchev–Trinajstić information content (AvgIpc) is 3.31. The molecule has 1 saturated heterocycles. The van der Waals surface area contributed by atoms with Crippen molar-refractivity contribution in [3.05, 3.63) is 46.5 Å². The van der Waals surface area contributed by atoms with E-state index in [2.05, 4.69) is 4.98 Å². The molecule has 2 bridgehead atoms. The fourth-order valence-corrected chi connectivity index (χ4v) is 4.97. The maximum Gasteiger partial charge on any atom is 0.205 e. The van der Waals surface area contributed by atoms with Crippen molar-refractivity contribution in [1.29, 1.82) is 0 Å². The van der Waals surface area contributed by atoms with Gasteiger partial charge in [0.1, 0.15) is 5.01 Å². The van der Waals surface area contributed by atoms with Crippen LogP contribution in [-0.4, -0.2) is 19.8 Å². The monoisotopic (exact) mass is 354 g/mol. The topological polar surface area (TPSA) is 67.5 Å². The Morgan fingerprint density at radius 3 is 2.84 bits per heavy atom. The number of rotatable bonds is 2. The summed E-state index contributed by atoms with van der Waals surface area (Å²) in [5.74, 6) is 0.168. The number of nitrogens with zero attached hydrogens (tertiary/aromatic N) is 2. The van der Waals surface area contributed by atoms with Gasteiger partial charge in [0.05, 0.1) is 28.5 Å². The van der Waals surface area contributed by atoms with E-state index in [1.165, 1.54) is 4.57 Å². The predicted octanol–water partition coefficient (Wildman–Crippen LogP) is 4.40. The Labute approximate surface area is 149 Å². The molecule has 1 fully saturated rings. The van der Waals surface area contributed by atoms with E-state index in [9.17, 15) is 10.2 Å². The molecule has 2 aliphatic heterocycles. The van der Waals surface area contributed by atoms with Crippen molar-refractivity contribution >= 4 is 11.3 Å². The van der Waals surface area contributed by atoms with Crippen molar-refractivity contribution in [3.63, 3.8) is 0 Å². The van der Waals surface area contributed by atoms with Gasteiger partial charge in [-0.1, -0.05) is 0 Å². The molecule has 0 radical (unpaired) electrons. The number of aryl methyl sites for hydroxylation is 1. The lowest BCUT2D eigenvalue weighted by Gasteiger charge is -2.20. The van der Waals surface area contributed by atoms with E-state index in [-0.39, 0.29) is 17.9 Å². The third-order valence-corrected chi connectivity index (χ3v) is 6.23. The summed E-state index contributed by atoms with van der Waals surface area (Å²) in [5, 5.41) is 24.5. The molecule has 1 aromatic carbocycles. The molecular weight excluding hydrogens is 336 g/mol. The molecule has 5 rings (SSSR count). The molecule has 0 amide bonds. The van der Waals surface area contributed by atoms with Crippen LogP contribution in [0.25, 0.3) is 16.3 Å². The van der Waals surface area contributed by atoms with Crippen LogP contribution in [0, 0.1) is 6.92 Å². The van der Waals surface area contributed by atoms with E-state index in [4.69, 9.17) is 4.74 Å². The summed E-state index contributed by atoms with van der Waals surface area (Å²) in [6.45, 7) is 4.00. The van der Waals surface area contributed by atoms with E-state index >= 15 is 0 Å². The first-order valence-electron chi connectivity index (χ1n) is 8.35. The number of benzene rings is 1. The van der Waals surface area contributed by atoms with E-state index in [0.29, 0.717) is 0 Å². The van der Waals surface area contributed by atoms with E-state index in [0.717, 1.165) is 45.8 Å².